The Kier molecular flexibility index (Phi) is 6.70. The molecule has 4 fully saturated rings. The van der Waals surface area contributed by atoms with E-state index in [1.165, 1.54) is 50.5 Å². The summed E-state index contributed by atoms with van der Waals surface area (Å²) in [5.41, 5.74) is 5.52. The standard InChI is InChI=1S/C33H54Si/c1-21-20-30-27(24-16-18-25(19-17-24)33(4,5)6)14-11-15-29(30)31(21)34(7,8)32-23(3)22(2)26-12-9-10-13-28(26)32/h16-19,21-23,26-32H,9-15,20H2,1-8H3. The molecule has 0 aliphatic heterocycles. The first kappa shape index (κ1) is 25.1. The van der Waals surface area contributed by atoms with Crippen molar-refractivity contribution in [1.82, 2.24) is 0 Å². The summed E-state index contributed by atoms with van der Waals surface area (Å²) in [6, 6.07) is 9.92. The van der Waals surface area contributed by atoms with Crippen molar-refractivity contribution < 1.29 is 0 Å². The Balaban J connectivity index is 1.41. The van der Waals surface area contributed by atoms with Crippen molar-refractivity contribution in [3.8, 4) is 0 Å². The molecule has 10 atom stereocenters. The Morgan fingerprint density at radius 3 is 1.91 bits per heavy atom. The first-order valence-corrected chi connectivity index (χ1v) is 18.3. The monoisotopic (exact) mass is 478 g/mol. The molecule has 1 aromatic carbocycles. The summed E-state index contributed by atoms with van der Waals surface area (Å²) >= 11 is 0. The molecule has 0 amide bonds. The van der Waals surface area contributed by atoms with Crippen LogP contribution in [0.15, 0.2) is 24.3 Å². The predicted molar refractivity (Wildman–Crippen MR) is 151 cm³/mol. The summed E-state index contributed by atoms with van der Waals surface area (Å²) < 4.78 is 0. The van der Waals surface area contributed by atoms with Crippen LogP contribution >= 0.6 is 0 Å². The van der Waals surface area contributed by atoms with Crippen LogP contribution in [0.4, 0.5) is 0 Å². The molecule has 0 bridgehead atoms. The van der Waals surface area contributed by atoms with E-state index in [9.17, 15) is 0 Å². The topological polar surface area (TPSA) is 0 Å². The van der Waals surface area contributed by atoms with E-state index in [2.05, 4.69) is 78.9 Å². The van der Waals surface area contributed by atoms with Crippen molar-refractivity contribution in [1.29, 1.82) is 0 Å². The number of hydrogen-bond donors (Lipinski definition) is 0. The van der Waals surface area contributed by atoms with Gasteiger partial charge in [0.05, 0.1) is 8.07 Å². The second-order valence-electron chi connectivity index (χ2n) is 15.2. The highest BCUT2D eigenvalue weighted by Crippen LogP contribution is 2.67. The van der Waals surface area contributed by atoms with Gasteiger partial charge in [-0.3, -0.25) is 0 Å². The first-order chi connectivity index (χ1) is 16.0. The van der Waals surface area contributed by atoms with E-state index in [-0.39, 0.29) is 5.41 Å². The van der Waals surface area contributed by atoms with Crippen LogP contribution in [0.2, 0.25) is 24.2 Å². The molecule has 5 rings (SSSR count). The fourth-order valence-corrected chi connectivity index (χ4v) is 17.6. The molecule has 0 nitrogen and oxygen atoms in total. The fourth-order valence-electron chi connectivity index (χ4n) is 10.9. The summed E-state index contributed by atoms with van der Waals surface area (Å²) in [5, 5.41) is 0. The van der Waals surface area contributed by atoms with Gasteiger partial charge in [0.15, 0.2) is 0 Å². The van der Waals surface area contributed by atoms with E-state index < -0.39 is 8.07 Å². The molecular formula is C33H54Si. The molecular weight excluding hydrogens is 424 g/mol. The zero-order valence-electron chi connectivity index (χ0n) is 23.7. The molecule has 0 saturated heterocycles. The highest BCUT2D eigenvalue weighted by molar-refractivity contribution is 6.80. The van der Waals surface area contributed by atoms with Gasteiger partial charge in [0, 0.05) is 0 Å². The van der Waals surface area contributed by atoms with Crippen LogP contribution in [-0.2, 0) is 5.41 Å². The lowest BCUT2D eigenvalue weighted by Crippen LogP contribution is -2.46. The van der Waals surface area contributed by atoms with Gasteiger partial charge in [-0.2, -0.15) is 0 Å². The van der Waals surface area contributed by atoms with Crippen molar-refractivity contribution in [2.24, 2.45) is 41.4 Å². The lowest BCUT2D eigenvalue weighted by atomic mass is 9.70. The maximum Gasteiger partial charge on any atom is 0.0547 e. The van der Waals surface area contributed by atoms with Crippen LogP contribution in [0.5, 0.6) is 0 Å². The third-order valence-corrected chi connectivity index (χ3v) is 17.6. The van der Waals surface area contributed by atoms with E-state index in [1.807, 2.05) is 0 Å². The second-order valence-corrected chi connectivity index (χ2v) is 20.1. The highest BCUT2D eigenvalue weighted by Gasteiger charge is 2.60. The summed E-state index contributed by atoms with van der Waals surface area (Å²) in [4.78, 5) is 0. The smallest absolute Gasteiger partial charge is 0.0547 e. The zero-order chi connectivity index (χ0) is 24.4. The summed E-state index contributed by atoms with van der Waals surface area (Å²) in [6.45, 7) is 20.8. The largest absolute Gasteiger partial charge is 0.0689 e. The minimum atomic E-state index is -1.39. The lowest BCUT2D eigenvalue weighted by molar-refractivity contribution is 0.227. The summed E-state index contributed by atoms with van der Waals surface area (Å²) in [5.74, 6) is 7.74. The van der Waals surface area contributed by atoms with Crippen LogP contribution < -0.4 is 0 Å². The third-order valence-electron chi connectivity index (χ3n) is 12.2. The van der Waals surface area contributed by atoms with Crippen LogP contribution in [-0.4, -0.2) is 8.07 Å². The van der Waals surface area contributed by atoms with Gasteiger partial charge in [-0.05, 0) is 94.2 Å². The van der Waals surface area contributed by atoms with Gasteiger partial charge in [-0.15, -0.1) is 0 Å². The Bertz CT molecular complexity index is 844. The molecule has 0 aromatic heterocycles. The fraction of sp³-hybridized carbons (Fsp3) is 0.818. The summed E-state index contributed by atoms with van der Waals surface area (Å²) in [7, 11) is -1.39. The molecule has 4 aliphatic rings. The van der Waals surface area contributed by atoms with Gasteiger partial charge >= 0.3 is 0 Å². The van der Waals surface area contributed by atoms with E-state index in [4.69, 9.17) is 0 Å². The van der Waals surface area contributed by atoms with E-state index in [1.54, 1.807) is 12.0 Å². The van der Waals surface area contributed by atoms with Crippen molar-refractivity contribution >= 4 is 8.07 Å². The number of fused-ring (bicyclic) bond motifs is 2. The Labute approximate surface area is 213 Å². The van der Waals surface area contributed by atoms with E-state index in [0.717, 1.165) is 58.4 Å². The average Bonchev–Trinajstić information content (AvgIpc) is 3.27. The van der Waals surface area contributed by atoms with Crippen LogP contribution in [0, 0.1) is 41.4 Å². The first-order valence-electron chi connectivity index (χ1n) is 15.1. The van der Waals surface area contributed by atoms with Gasteiger partial charge in [0.25, 0.3) is 0 Å². The SMILES string of the molecule is CC1CC2C(c3ccc(C(C)(C)C)cc3)CCCC2C1[Si](C)(C)C1C(C)C(C)C2CCCCC21. The zero-order valence-corrected chi connectivity index (χ0v) is 24.7. The van der Waals surface area contributed by atoms with Crippen molar-refractivity contribution in [2.75, 3.05) is 0 Å². The average molecular weight is 479 g/mol. The molecule has 0 spiro atoms. The predicted octanol–water partition coefficient (Wildman–Crippen LogP) is 10.1. The number of rotatable bonds is 3. The molecule has 34 heavy (non-hydrogen) atoms. The van der Waals surface area contributed by atoms with Gasteiger partial charge in [0.1, 0.15) is 0 Å². The normalized spacial score (nSPS) is 42.9. The van der Waals surface area contributed by atoms with Crippen LogP contribution in [0.3, 0.4) is 0 Å². The molecule has 0 N–H and O–H groups in total. The summed E-state index contributed by atoms with van der Waals surface area (Å²) in [6.07, 6.45) is 12.0. The van der Waals surface area contributed by atoms with Gasteiger partial charge < -0.3 is 0 Å². The van der Waals surface area contributed by atoms with Gasteiger partial charge in [-0.25, -0.2) is 0 Å². The quantitative estimate of drug-likeness (QED) is 0.379. The molecule has 1 heteroatoms. The van der Waals surface area contributed by atoms with Gasteiger partial charge in [-0.1, -0.05) is 111 Å². The molecule has 190 valence electrons. The minimum absolute atomic E-state index is 0.252. The maximum atomic E-state index is 2.88. The maximum absolute atomic E-state index is 2.88. The van der Waals surface area contributed by atoms with Gasteiger partial charge in [0.2, 0.25) is 0 Å². The molecule has 0 heterocycles. The Morgan fingerprint density at radius 1 is 0.676 bits per heavy atom. The molecule has 4 saturated carbocycles. The van der Waals surface area contributed by atoms with Crippen molar-refractivity contribution in [3.63, 3.8) is 0 Å². The minimum Gasteiger partial charge on any atom is -0.0689 e. The number of benzene rings is 1. The lowest BCUT2D eigenvalue weighted by Gasteiger charge is -2.48. The molecule has 0 radical (unpaired) electrons. The van der Waals surface area contributed by atoms with Crippen molar-refractivity contribution in [3.05, 3.63) is 35.4 Å². The second kappa shape index (κ2) is 9.07. The molecule has 10 unspecified atom stereocenters. The highest BCUT2D eigenvalue weighted by atomic mass is 28.3. The molecule has 4 aliphatic carbocycles. The number of hydrogen-bond acceptors (Lipinski definition) is 0. The Hall–Kier alpha value is -0.563. The molecule has 1 aromatic rings. The van der Waals surface area contributed by atoms with Crippen LogP contribution in [0.1, 0.15) is 110 Å². The van der Waals surface area contributed by atoms with E-state index >= 15 is 0 Å². The third kappa shape index (κ3) is 4.08. The van der Waals surface area contributed by atoms with Crippen molar-refractivity contribution in [2.45, 2.75) is 128 Å². The van der Waals surface area contributed by atoms with E-state index in [0.29, 0.717) is 0 Å². The Morgan fingerprint density at radius 2 is 1.26 bits per heavy atom. The van der Waals surface area contributed by atoms with Crippen LogP contribution in [0.25, 0.3) is 0 Å².